The average molecular weight is 396 g/mol. The van der Waals surface area contributed by atoms with Gasteiger partial charge in [0.25, 0.3) is 0 Å². The van der Waals surface area contributed by atoms with Crippen molar-refractivity contribution in [3.05, 3.63) is 46.2 Å². The highest BCUT2D eigenvalue weighted by Gasteiger charge is 2.29. The number of rotatable bonds is 7. The van der Waals surface area contributed by atoms with Gasteiger partial charge in [-0.15, -0.1) is 0 Å². The Labute approximate surface area is 149 Å². The molecule has 0 fully saturated rings. The van der Waals surface area contributed by atoms with Crippen LogP contribution in [0.4, 0.5) is 0 Å². The lowest BCUT2D eigenvalue weighted by Gasteiger charge is -2.18. The second-order valence-electron chi connectivity index (χ2n) is 6.30. The predicted octanol–water partition coefficient (Wildman–Crippen LogP) is 2.68. The van der Waals surface area contributed by atoms with Crippen molar-refractivity contribution in [2.45, 2.75) is 38.8 Å². The van der Waals surface area contributed by atoms with E-state index in [2.05, 4.69) is 40.2 Å². The fraction of sp³-hybridized carbons (Fsp3) is 0.412. The van der Waals surface area contributed by atoms with Crippen LogP contribution < -0.4 is 5.32 Å². The quantitative estimate of drug-likeness (QED) is 0.670. The van der Waals surface area contributed by atoms with Crippen molar-refractivity contribution in [3.63, 3.8) is 0 Å². The number of aliphatic hydroxyl groups is 1. The third kappa shape index (κ3) is 4.43. The molecular formula is C17H22BrN3O3. The van der Waals surface area contributed by atoms with Gasteiger partial charge in [0.05, 0.1) is 11.4 Å². The molecule has 0 saturated heterocycles. The third-order valence-electron chi connectivity index (χ3n) is 3.71. The monoisotopic (exact) mass is 395 g/mol. The molecular weight excluding hydrogens is 374 g/mol. The zero-order chi connectivity index (χ0) is 17.9. The summed E-state index contributed by atoms with van der Waals surface area (Å²) in [5.74, 6) is -1.01. The molecule has 1 aromatic carbocycles. The van der Waals surface area contributed by atoms with E-state index in [1.54, 1.807) is 0 Å². The largest absolute Gasteiger partial charge is 0.479 e. The van der Waals surface area contributed by atoms with Gasteiger partial charge in [-0.05, 0) is 37.1 Å². The van der Waals surface area contributed by atoms with Crippen molar-refractivity contribution in [1.82, 2.24) is 15.1 Å². The molecule has 7 heteroatoms. The fourth-order valence-electron chi connectivity index (χ4n) is 2.29. The van der Waals surface area contributed by atoms with E-state index in [9.17, 15) is 9.90 Å². The van der Waals surface area contributed by atoms with Crippen molar-refractivity contribution in [3.8, 4) is 5.69 Å². The van der Waals surface area contributed by atoms with Gasteiger partial charge in [0.1, 0.15) is 0 Å². The zero-order valence-electron chi connectivity index (χ0n) is 14.0. The van der Waals surface area contributed by atoms with Crippen molar-refractivity contribution < 1.29 is 15.0 Å². The molecule has 0 radical (unpaired) electrons. The van der Waals surface area contributed by atoms with Crippen LogP contribution in [0.5, 0.6) is 0 Å². The number of hydrogen-bond donors (Lipinski definition) is 3. The first-order valence-corrected chi connectivity index (χ1v) is 8.51. The molecule has 0 amide bonds. The number of aromatic nitrogens is 2. The smallest absolute Gasteiger partial charge is 0.336 e. The maximum Gasteiger partial charge on any atom is 0.336 e. The van der Waals surface area contributed by atoms with Crippen LogP contribution >= 0.6 is 15.9 Å². The summed E-state index contributed by atoms with van der Waals surface area (Å²) < 4.78 is 2.81. The van der Waals surface area contributed by atoms with Gasteiger partial charge in [-0.2, -0.15) is 5.10 Å². The number of hydrogen-bond acceptors (Lipinski definition) is 4. The lowest BCUT2D eigenvalue weighted by atomic mass is 10.1. The molecule has 0 aliphatic heterocycles. The Morgan fingerprint density at radius 3 is 2.54 bits per heavy atom. The summed E-state index contributed by atoms with van der Waals surface area (Å²) in [6.07, 6.45) is 1.93. The van der Waals surface area contributed by atoms with Crippen LogP contribution in [0, 0.1) is 0 Å². The first-order valence-electron chi connectivity index (χ1n) is 7.71. The molecule has 2 rings (SSSR count). The van der Waals surface area contributed by atoms with Gasteiger partial charge in [-0.25, -0.2) is 9.48 Å². The van der Waals surface area contributed by atoms with Gasteiger partial charge < -0.3 is 15.5 Å². The lowest BCUT2D eigenvalue weighted by molar-refractivity contribution is -0.156. The van der Waals surface area contributed by atoms with Gasteiger partial charge in [-0.1, -0.05) is 29.8 Å². The average Bonchev–Trinajstić information content (AvgIpc) is 2.92. The van der Waals surface area contributed by atoms with Crippen molar-refractivity contribution in [2.24, 2.45) is 0 Å². The van der Waals surface area contributed by atoms with Crippen LogP contribution in [0.3, 0.4) is 0 Å². The molecule has 0 bridgehead atoms. The molecule has 1 unspecified atom stereocenters. The second-order valence-corrected chi connectivity index (χ2v) is 7.21. The summed E-state index contributed by atoms with van der Waals surface area (Å²) in [5.41, 5.74) is 1.08. The second kappa shape index (κ2) is 7.46. The number of aliphatic carboxylic acids is 1. The topological polar surface area (TPSA) is 87.4 Å². The lowest BCUT2D eigenvalue weighted by Crippen LogP contribution is -2.44. The number of carboxylic acid groups (broad SMARTS) is 1. The Bertz CT molecular complexity index is 708. The Hall–Kier alpha value is -1.70. The van der Waals surface area contributed by atoms with E-state index in [1.165, 1.54) is 6.92 Å². The summed E-state index contributed by atoms with van der Waals surface area (Å²) in [6.45, 7) is 5.80. The van der Waals surface area contributed by atoms with E-state index in [-0.39, 0.29) is 12.5 Å². The van der Waals surface area contributed by atoms with E-state index in [4.69, 9.17) is 5.11 Å². The first kappa shape index (κ1) is 18.6. The molecule has 1 heterocycles. The predicted molar refractivity (Wildman–Crippen MR) is 95.3 cm³/mol. The van der Waals surface area contributed by atoms with Crippen LogP contribution in [0.15, 0.2) is 34.9 Å². The normalized spacial score (nSPS) is 13.9. The highest BCUT2D eigenvalue weighted by molar-refractivity contribution is 9.10. The molecule has 6 nitrogen and oxygen atoms in total. The summed E-state index contributed by atoms with van der Waals surface area (Å²) in [7, 11) is 0. The first-order chi connectivity index (χ1) is 11.2. The van der Waals surface area contributed by atoms with Crippen molar-refractivity contribution >= 4 is 21.9 Å². The minimum atomic E-state index is -1.79. The zero-order valence-corrected chi connectivity index (χ0v) is 15.5. The fourth-order valence-corrected chi connectivity index (χ4v) is 2.55. The molecule has 0 aliphatic carbocycles. The van der Waals surface area contributed by atoms with Crippen LogP contribution in [0.25, 0.3) is 5.69 Å². The van der Waals surface area contributed by atoms with Gasteiger partial charge in [-0.3, -0.25) is 0 Å². The summed E-state index contributed by atoms with van der Waals surface area (Å²) in [6, 6.07) is 7.84. The molecule has 130 valence electrons. The van der Waals surface area contributed by atoms with Gasteiger partial charge in [0.15, 0.2) is 5.60 Å². The molecule has 24 heavy (non-hydrogen) atoms. The number of nitrogens with one attached hydrogen (secondary N) is 1. The van der Waals surface area contributed by atoms with Crippen LogP contribution in [0.2, 0.25) is 0 Å². The maximum atomic E-state index is 10.9. The maximum absolute atomic E-state index is 10.9. The van der Waals surface area contributed by atoms with Crippen LogP contribution in [-0.2, 0) is 11.3 Å². The Morgan fingerprint density at radius 2 is 2.00 bits per heavy atom. The van der Waals surface area contributed by atoms with E-state index < -0.39 is 11.6 Å². The highest BCUT2D eigenvalue weighted by Crippen LogP contribution is 2.21. The molecule has 2 aromatic rings. The molecule has 1 atom stereocenters. The molecule has 3 N–H and O–H groups in total. The number of benzene rings is 1. The number of carbonyl (C=O) groups is 1. The Morgan fingerprint density at radius 1 is 1.38 bits per heavy atom. The minimum Gasteiger partial charge on any atom is -0.479 e. The SMILES string of the molecule is CC(C)c1nn(-c2ccc(Br)cc2)cc1CNCC(C)(O)C(=O)O. The van der Waals surface area contributed by atoms with Gasteiger partial charge in [0.2, 0.25) is 0 Å². The summed E-state index contributed by atoms with van der Waals surface area (Å²) >= 11 is 3.41. The van der Waals surface area contributed by atoms with E-state index >= 15 is 0 Å². The van der Waals surface area contributed by atoms with Crippen LogP contribution in [0.1, 0.15) is 37.9 Å². The van der Waals surface area contributed by atoms with Crippen molar-refractivity contribution in [2.75, 3.05) is 6.54 Å². The number of halogens is 1. The van der Waals surface area contributed by atoms with E-state index in [1.807, 2.05) is 35.1 Å². The third-order valence-corrected chi connectivity index (χ3v) is 4.23. The molecule has 1 aromatic heterocycles. The van der Waals surface area contributed by atoms with Crippen LogP contribution in [-0.4, -0.2) is 38.1 Å². The van der Waals surface area contributed by atoms with E-state index in [0.717, 1.165) is 21.4 Å². The summed E-state index contributed by atoms with van der Waals surface area (Å²) in [4.78, 5) is 10.9. The standard InChI is InChI=1S/C17H22BrN3O3/c1-11(2)15-12(8-19-10-17(3,24)16(22)23)9-21(20-15)14-6-4-13(18)5-7-14/h4-7,9,11,19,24H,8,10H2,1-3H3,(H,22,23). The van der Waals surface area contributed by atoms with Gasteiger partial charge >= 0.3 is 5.97 Å². The number of carboxylic acids is 1. The number of nitrogens with zero attached hydrogens (tertiary/aromatic N) is 2. The Kier molecular flexibility index (Phi) is 5.79. The molecule has 0 spiro atoms. The molecule has 0 aliphatic rings. The van der Waals surface area contributed by atoms with Crippen molar-refractivity contribution in [1.29, 1.82) is 0 Å². The highest BCUT2D eigenvalue weighted by atomic mass is 79.9. The minimum absolute atomic E-state index is 0.0384. The Balaban J connectivity index is 2.17. The van der Waals surface area contributed by atoms with Gasteiger partial charge in [0, 0.05) is 29.3 Å². The summed E-state index contributed by atoms with van der Waals surface area (Å²) in [5, 5.41) is 26.4. The van der Waals surface area contributed by atoms with E-state index in [0.29, 0.717) is 6.54 Å². The molecule has 0 saturated carbocycles.